The number of imide groups is 1. The molecule has 0 aliphatic carbocycles. The monoisotopic (exact) mass is 359 g/mol. The highest BCUT2D eigenvalue weighted by atomic mass is 19.1. The lowest BCUT2D eigenvalue weighted by Crippen LogP contribution is -2.39. The highest BCUT2D eigenvalue weighted by molar-refractivity contribution is 5.94. The van der Waals surface area contributed by atoms with Crippen LogP contribution in [0.15, 0.2) is 48.5 Å². The lowest BCUT2D eigenvalue weighted by Gasteiger charge is -2.23. The number of hydrogen-bond donors (Lipinski definition) is 0. The lowest BCUT2D eigenvalue weighted by atomic mass is 9.88. The van der Waals surface area contributed by atoms with E-state index in [1.807, 2.05) is 6.92 Å². The maximum Gasteiger partial charge on any atom is 0.416 e. The summed E-state index contributed by atoms with van der Waals surface area (Å²) in [5, 5.41) is 0. The van der Waals surface area contributed by atoms with Crippen molar-refractivity contribution in [1.29, 1.82) is 0 Å². The van der Waals surface area contributed by atoms with Gasteiger partial charge in [0.2, 0.25) is 5.91 Å². The Bertz CT molecular complexity index is 807. The fourth-order valence-corrected chi connectivity index (χ4v) is 3.19. The van der Waals surface area contributed by atoms with E-state index in [-0.39, 0.29) is 19.1 Å². The summed E-state index contributed by atoms with van der Waals surface area (Å²) in [7, 11) is 0. The molecule has 0 bridgehead atoms. The number of cyclic esters (lactones) is 1. The summed E-state index contributed by atoms with van der Waals surface area (Å²) < 4.78 is 31.9. The average Bonchev–Trinajstić information content (AvgIpc) is 3.01. The van der Waals surface area contributed by atoms with Crippen LogP contribution in [0, 0.1) is 11.6 Å². The Morgan fingerprint density at radius 1 is 1.15 bits per heavy atom. The Kier molecular flexibility index (Phi) is 5.30. The maximum absolute atomic E-state index is 13.7. The first-order valence-electron chi connectivity index (χ1n) is 8.49. The zero-order valence-corrected chi connectivity index (χ0v) is 14.3. The van der Waals surface area contributed by atoms with Gasteiger partial charge >= 0.3 is 6.09 Å². The van der Waals surface area contributed by atoms with E-state index in [4.69, 9.17) is 4.74 Å². The molecule has 2 amide bonds. The van der Waals surface area contributed by atoms with E-state index in [1.165, 1.54) is 24.3 Å². The van der Waals surface area contributed by atoms with Crippen LogP contribution in [0.2, 0.25) is 0 Å². The number of carbonyl (C=O) groups is 2. The Morgan fingerprint density at radius 2 is 1.88 bits per heavy atom. The molecule has 4 nitrogen and oxygen atoms in total. The number of nitrogens with zero attached hydrogens (tertiary/aromatic N) is 1. The number of halogens is 2. The van der Waals surface area contributed by atoms with Crippen molar-refractivity contribution in [2.45, 2.75) is 31.7 Å². The second-order valence-electron chi connectivity index (χ2n) is 6.27. The summed E-state index contributed by atoms with van der Waals surface area (Å²) in [4.78, 5) is 25.8. The van der Waals surface area contributed by atoms with Gasteiger partial charge in [-0.15, -0.1) is 0 Å². The second-order valence-corrected chi connectivity index (χ2v) is 6.27. The van der Waals surface area contributed by atoms with Gasteiger partial charge in [-0.05, 0) is 41.8 Å². The molecule has 6 heteroatoms. The number of amides is 2. The molecule has 1 aliphatic rings. The molecular weight excluding hydrogens is 340 g/mol. The van der Waals surface area contributed by atoms with E-state index in [1.54, 1.807) is 24.3 Å². The Morgan fingerprint density at radius 3 is 2.54 bits per heavy atom. The molecule has 0 spiro atoms. The first-order chi connectivity index (χ1) is 12.5. The summed E-state index contributed by atoms with van der Waals surface area (Å²) in [6.45, 7) is 2.05. The van der Waals surface area contributed by atoms with Crippen molar-refractivity contribution < 1.29 is 23.1 Å². The molecule has 1 heterocycles. The minimum atomic E-state index is -0.654. The summed E-state index contributed by atoms with van der Waals surface area (Å²) in [5.74, 6) is -1.70. The van der Waals surface area contributed by atoms with Crippen molar-refractivity contribution in [3.8, 4) is 0 Å². The van der Waals surface area contributed by atoms with Crippen molar-refractivity contribution in [2.24, 2.45) is 0 Å². The quantitative estimate of drug-likeness (QED) is 0.802. The van der Waals surface area contributed by atoms with Crippen LogP contribution in [0.1, 0.15) is 36.8 Å². The summed E-state index contributed by atoms with van der Waals surface area (Å²) >= 11 is 0. The van der Waals surface area contributed by atoms with E-state index in [2.05, 4.69) is 0 Å². The van der Waals surface area contributed by atoms with Gasteiger partial charge in [-0.25, -0.2) is 18.5 Å². The second kappa shape index (κ2) is 7.64. The molecule has 26 heavy (non-hydrogen) atoms. The summed E-state index contributed by atoms with van der Waals surface area (Å²) in [6.07, 6.45) is -0.0988. The number of carbonyl (C=O) groups excluding carboxylic acids is 2. The lowest BCUT2D eigenvalue weighted by molar-refractivity contribution is -0.129. The first kappa shape index (κ1) is 18.0. The molecule has 3 rings (SSSR count). The number of hydrogen-bond acceptors (Lipinski definition) is 3. The predicted molar refractivity (Wildman–Crippen MR) is 91.5 cm³/mol. The fourth-order valence-electron chi connectivity index (χ4n) is 3.19. The van der Waals surface area contributed by atoms with E-state index in [9.17, 15) is 18.4 Å². The van der Waals surface area contributed by atoms with Gasteiger partial charge in [0, 0.05) is 12.3 Å². The molecule has 0 radical (unpaired) electrons. The minimum Gasteiger partial charge on any atom is -0.447 e. The van der Waals surface area contributed by atoms with Crippen LogP contribution < -0.4 is 0 Å². The van der Waals surface area contributed by atoms with Crippen molar-refractivity contribution >= 4 is 12.0 Å². The molecule has 2 aromatic carbocycles. The molecule has 1 fully saturated rings. The number of rotatable bonds is 5. The van der Waals surface area contributed by atoms with Gasteiger partial charge in [-0.3, -0.25) is 4.79 Å². The van der Waals surface area contributed by atoms with Crippen LogP contribution in [0.25, 0.3) is 0 Å². The zero-order chi connectivity index (χ0) is 18.7. The topological polar surface area (TPSA) is 46.6 Å². The normalized spacial score (nSPS) is 17.9. The number of ether oxygens (including phenoxy) is 1. The van der Waals surface area contributed by atoms with Crippen molar-refractivity contribution in [3.05, 3.63) is 71.3 Å². The molecule has 0 saturated carbocycles. The van der Waals surface area contributed by atoms with Crippen molar-refractivity contribution in [2.75, 3.05) is 6.61 Å². The van der Waals surface area contributed by atoms with E-state index >= 15 is 0 Å². The third-order valence-electron chi connectivity index (χ3n) is 4.60. The predicted octanol–water partition coefficient (Wildman–Crippen LogP) is 4.24. The Hall–Kier alpha value is -2.76. The third-order valence-corrected chi connectivity index (χ3v) is 4.60. The van der Waals surface area contributed by atoms with Gasteiger partial charge in [0.1, 0.15) is 18.2 Å². The highest BCUT2D eigenvalue weighted by Crippen LogP contribution is 2.31. The molecule has 2 unspecified atom stereocenters. The van der Waals surface area contributed by atoms with Gasteiger partial charge in [0.25, 0.3) is 0 Å². The van der Waals surface area contributed by atoms with E-state index < -0.39 is 29.6 Å². The molecule has 2 aromatic rings. The summed E-state index contributed by atoms with van der Waals surface area (Å²) in [5.41, 5.74) is 1.26. The smallest absolute Gasteiger partial charge is 0.416 e. The van der Waals surface area contributed by atoms with Crippen LogP contribution in [0.5, 0.6) is 0 Å². The average molecular weight is 359 g/mol. The van der Waals surface area contributed by atoms with Crippen LogP contribution in [-0.2, 0) is 9.53 Å². The van der Waals surface area contributed by atoms with E-state index in [0.717, 1.165) is 4.90 Å². The fraction of sp³-hybridized carbons (Fsp3) is 0.300. The van der Waals surface area contributed by atoms with Gasteiger partial charge in [-0.1, -0.05) is 31.2 Å². The molecule has 136 valence electrons. The van der Waals surface area contributed by atoms with Crippen LogP contribution in [0.4, 0.5) is 13.6 Å². The Labute approximate surface area is 150 Å². The largest absolute Gasteiger partial charge is 0.447 e. The van der Waals surface area contributed by atoms with Gasteiger partial charge in [0.15, 0.2) is 0 Å². The van der Waals surface area contributed by atoms with E-state index in [0.29, 0.717) is 17.5 Å². The van der Waals surface area contributed by atoms with Crippen molar-refractivity contribution in [1.82, 2.24) is 4.90 Å². The molecule has 1 aliphatic heterocycles. The zero-order valence-electron chi connectivity index (χ0n) is 14.3. The number of benzene rings is 2. The van der Waals surface area contributed by atoms with Crippen molar-refractivity contribution in [3.63, 3.8) is 0 Å². The molecular formula is C20H19F2NO3. The SMILES string of the molecule is CCC1COC(=O)N1C(=O)CC(c1ccc(F)cc1)c1cccc(F)c1. The van der Waals surface area contributed by atoms with Crippen LogP contribution >= 0.6 is 0 Å². The minimum absolute atomic E-state index is 0.0410. The van der Waals surface area contributed by atoms with Crippen LogP contribution in [-0.4, -0.2) is 29.5 Å². The standard InChI is InChI=1S/C20H19F2NO3/c1-2-17-12-26-20(25)23(17)19(24)11-18(13-6-8-15(21)9-7-13)14-4-3-5-16(22)10-14/h3-10,17-18H,2,11-12H2,1H3. The molecule has 0 N–H and O–H groups in total. The van der Waals surface area contributed by atoms with Crippen LogP contribution in [0.3, 0.4) is 0 Å². The maximum atomic E-state index is 13.7. The molecule has 2 atom stereocenters. The first-order valence-corrected chi connectivity index (χ1v) is 8.49. The Balaban J connectivity index is 1.92. The molecule has 1 saturated heterocycles. The van der Waals surface area contributed by atoms with Gasteiger partial charge in [-0.2, -0.15) is 0 Å². The van der Waals surface area contributed by atoms with Gasteiger partial charge < -0.3 is 4.74 Å². The van der Waals surface area contributed by atoms with Gasteiger partial charge in [0.05, 0.1) is 6.04 Å². The summed E-state index contributed by atoms with van der Waals surface area (Å²) in [6, 6.07) is 11.4. The molecule has 0 aromatic heterocycles. The highest BCUT2D eigenvalue weighted by Gasteiger charge is 2.37. The third kappa shape index (κ3) is 3.74.